The Morgan fingerprint density at radius 1 is 1.15 bits per heavy atom. The van der Waals surface area contributed by atoms with Crippen LogP contribution in [0.25, 0.3) is 0 Å². The Morgan fingerprint density at radius 2 is 1.80 bits per heavy atom. The number of nitrogens with one attached hydrogen (secondary N) is 2. The van der Waals surface area contributed by atoms with Crippen molar-refractivity contribution in [3.63, 3.8) is 0 Å². The molecule has 0 aliphatic rings. The van der Waals surface area contributed by atoms with E-state index in [1.807, 2.05) is 20.8 Å². The maximum Gasteiger partial charge on any atom is 0.274 e. The van der Waals surface area contributed by atoms with Crippen molar-refractivity contribution in [1.29, 1.82) is 0 Å². The number of hydrogen-bond donors (Lipinski definition) is 2. The minimum Gasteiger partial charge on any atom is -0.447 e. The van der Waals surface area contributed by atoms with Crippen molar-refractivity contribution in [2.75, 3.05) is 0 Å². The zero-order valence-electron chi connectivity index (χ0n) is 12.9. The van der Waals surface area contributed by atoms with Gasteiger partial charge in [0.2, 0.25) is 5.09 Å². The zero-order valence-corrected chi connectivity index (χ0v) is 13.8. The summed E-state index contributed by atoms with van der Waals surface area (Å²) in [6.07, 6.45) is 0.793. The molecule has 0 bridgehead atoms. The molecule has 2 N–H and O–H groups in total. The Kier molecular flexibility index (Phi) is 6.23. The van der Waals surface area contributed by atoms with Gasteiger partial charge in [0.05, 0.1) is 6.54 Å². The SMILES string of the molecule is CC(C)CC(C)NS(=O)(=O)c1ccc(CNC(C)C)o1. The molecule has 0 aliphatic heterocycles. The van der Waals surface area contributed by atoms with Crippen LogP contribution in [0.3, 0.4) is 0 Å². The second-order valence-corrected chi connectivity index (χ2v) is 7.55. The lowest BCUT2D eigenvalue weighted by molar-refractivity contribution is 0.389. The van der Waals surface area contributed by atoms with Gasteiger partial charge in [0, 0.05) is 12.1 Å². The van der Waals surface area contributed by atoms with E-state index in [1.54, 1.807) is 6.07 Å². The number of rotatable bonds is 8. The van der Waals surface area contributed by atoms with Gasteiger partial charge in [0.15, 0.2) is 0 Å². The molecule has 0 aliphatic carbocycles. The van der Waals surface area contributed by atoms with Gasteiger partial charge >= 0.3 is 0 Å². The van der Waals surface area contributed by atoms with Gasteiger partial charge in [-0.1, -0.05) is 27.7 Å². The lowest BCUT2D eigenvalue weighted by atomic mass is 10.1. The van der Waals surface area contributed by atoms with Crippen LogP contribution in [0.5, 0.6) is 0 Å². The molecular weight excluding hydrogens is 276 g/mol. The molecule has 1 atom stereocenters. The summed E-state index contributed by atoms with van der Waals surface area (Å²) < 4.78 is 32.3. The van der Waals surface area contributed by atoms with E-state index in [0.29, 0.717) is 24.3 Å². The first-order valence-corrected chi connectivity index (χ1v) is 8.53. The lowest BCUT2D eigenvalue weighted by Gasteiger charge is -2.14. The maximum atomic E-state index is 12.2. The van der Waals surface area contributed by atoms with E-state index >= 15 is 0 Å². The van der Waals surface area contributed by atoms with Gasteiger partial charge in [-0.25, -0.2) is 13.1 Å². The molecule has 0 saturated carbocycles. The third-order valence-corrected chi connectivity index (χ3v) is 4.23. The largest absolute Gasteiger partial charge is 0.447 e. The van der Waals surface area contributed by atoms with Crippen molar-refractivity contribution < 1.29 is 12.8 Å². The second kappa shape index (κ2) is 7.24. The van der Waals surface area contributed by atoms with Crippen molar-refractivity contribution in [3.05, 3.63) is 17.9 Å². The van der Waals surface area contributed by atoms with Gasteiger partial charge in [-0.2, -0.15) is 0 Å². The Hall–Kier alpha value is -0.850. The van der Waals surface area contributed by atoms with Crippen LogP contribution in [-0.4, -0.2) is 20.5 Å². The van der Waals surface area contributed by atoms with Crippen LogP contribution >= 0.6 is 0 Å². The molecule has 1 aromatic heterocycles. The maximum absolute atomic E-state index is 12.2. The topological polar surface area (TPSA) is 71.3 Å². The van der Waals surface area contributed by atoms with Crippen LogP contribution in [0.1, 0.15) is 46.8 Å². The molecule has 20 heavy (non-hydrogen) atoms. The molecule has 0 aromatic carbocycles. The van der Waals surface area contributed by atoms with Crippen LogP contribution < -0.4 is 10.0 Å². The average molecular weight is 302 g/mol. The third kappa shape index (κ3) is 5.64. The zero-order chi connectivity index (χ0) is 15.3. The molecule has 1 unspecified atom stereocenters. The highest BCUT2D eigenvalue weighted by Crippen LogP contribution is 2.15. The minimum absolute atomic E-state index is 0.0198. The van der Waals surface area contributed by atoms with Gasteiger partial charge in [-0.15, -0.1) is 0 Å². The molecule has 1 heterocycles. The molecule has 5 nitrogen and oxygen atoms in total. The van der Waals surface area contributed by atoms with Gasteiger partial charge in [-0.3, -0.25) is 0 Å². The highest BCUT2D eigenvalue weighted by Gasteiger charge is 2.21. The van der Waals surface area contributed by atoms with Gasteiger partial charge < -0.3 is 9.73 Å². The summed E-state index contributed by atoms with van der Waals surface area (Å²) in [5.74, 6) is 1.06. The van der Waals surface area contributed by atoms with E-state index in [1.165, 1.54) is 6.07 Å². The molecule has 1 aromatic rings. The Bertz CT molecular complexity index is 506. The molecular formula is C14H26N2O3S. The second-order valence-electron chi connectivity index (χ2n) is 5.91. The Balaban J connectivity index is 2.68. The summed E-state index contributed by atoms with van der Waals surface area (Å²) in [4.78, 5) is 0. The van der Waals surface area contributed by atoms with Crippen molar-refractivity contribution in [1.82, 2.24) is 10.0 Å². The monoisotopic (exact) mass is 302 g/mol. The Morgan fingerprint density at radius 3 is 2.35 bits per heavy atom. The number of sulfonamides is 1. The van der Waals surface area contributed by atoms with Gasteiger partial charge in [-0.05, 0) is 31.4 Å². The fraction of sp³-hybridized carbons (Fsp3) is 0.714. The molecule has 0 saturated heterocycles. The lowest BCUT2D eigenvalue weighted by Crippen LogP contribution is -2.33. The fourth-order valence-corrected chi connectivity index (χ4v) is 3.19. The summed E-state index contributed by atoms with van der Waals surface area (Å²) in [7, 11) is -3.57. The molecule has 0 spiro atoms. The molecule has 0 fully saturated rings. The standard InChI is InChI=1S/C14H26N2O3S/c1-10(2)8-12(5)16-20(17,18)14-7-6-13(19-14)9-15-11(3)4/h6-7,10-12,15-16H,8-9H2,1-5H3. The summed E-state index contributed by atoms with van der Waals surface area (Å²) >= 11 is 0. The highest BCUT2D eigenvalue weighted by molar-refractivity contribution is 7.89. The molecule has 1 rings (SSSR count). The minimum atomic E-state index is -3.57. The molecule has 0 amide bonds. The summed E-state index contributed by atoms with van der Waals surface area (Å²) in [6.45, 7) is 10.6. The van der Waals surface area contributed by atoms with Crippen molar-refractivity contribution >= 4 is 10.0 Å². The first-order valence-electron chi connectivity index (χ1n) is 7.05. The predicted octanol–water partition coefficient (Wildman–Crippen LogP) is 2.49. The van der Waals surface area contributed by atoms with E-state index in [9.17, 15) is 8.42 Å². The van der Waals surface area contributed by atoms with E-state index < -0.39 is 10.0 Å². The normalized spacial score (nSPS) is 14.2. The number of furan rings is 1. The van der Waals surface area contributed by atoms with Crippen LogP contribution in [0.4, 0.5) is 0 Å². The Labute approximate surface area is 122 Å². The van der Waals surface area contributed by atoms with Gasteiger partial charge in [0.25, 0.3) is 10.0 Å². The number of hydrogen-bond acceptors (Lipinski definition) is 4. The van der Waals surface area contributed by atoms with E-state index in [2.05, 4.69) is 23.9 Å². The third-order valence-electron chi connectivity index (χ3n) is 2.77. The smallest absolute Gasteiger partial charge is 0.274 e. The van der Waals surface area contributed by atoms with Crippen LogP contribution in [-0.2, 0) is 16.6 Å². The van der Waals surface area contributed by atoms with Crippen molar-refractivity contribution in [2.24, 2.45) is 5.92 Å². The van der Waals surface area contributed by atoms with E-state index in [4.69, 9.17) is 4.42 Å². The summed E-state index contributed by atoms with van der Waals surface area (Å²) in [5, 5.41) is 3.16. The van der Waals surface area contributed by atoms with Crippen molar-refractivity contribution in [3.8, 4) is 0 Å². The van der Waals surface area contributed by atoms with Crippen LogP contribution in [0.15, 0.2) is 21.6 Å². The predicted molar refractivity (Wildman–Crippen MR) is 79.9 cm³/mol. The van der Waals surface area contributed by atoms with E-state index in [0.717, 1.165) is 6.42 Å². The molecule has 6 heteroatoms. The van der Waals surface area contributed by atoms with Crippen LogP contribution in [0.2, 0.25) is 0 Å². The van der Waals surface area contributed by atoms with E-state index in [-0.39, 0.29) is 11.1 Å². The van der Waals surface area contributed by atoms with Crippen molar-refractivity contribution in [2.45, 2.75) is 64.8 Å². The first kappa shape index (κ1) is 17.2. The first-order chi connectivity index (χ1) is 9.20. The summed E-state index contributed by atoms with van der Waals surface area (Å²) in [6, 6.07) is 3.41. The quantitative estimate of drug-likeness (QED) is 0.774. The van der Waals surface area contributed by atoms with Crippen LogP contribution in [0, 0.1) is 5.92 Å². The van der Waals surface area contributed by atoms with Gasteiger partial charge in [0.1, 0.15) is 5.76 Å². The highest BCUT2D eigenvalue weighted by atomic mass is 32.2. The average Bonchev–Trinajstić information content (AvgIpc) is 2.73. The summed E-state index contributed by atoms with van der Waals surface area (Å²) in [5.41, 5.74) is 0. The molecule has 116 valence electrons. The fourth-order valence-electron chi connectivity index (χ4n) is 1.98. The molecule has 0 radical (unpaired) electrons.